The van der Waals surface area contributed by atoms with Gasteiger partial charge in [0.1, 0.15) is 6.61 Å². The van der Waals surface area contributed by atoms with Gasteiger partial charge in [-0.1, -0.05) is 72.8 Å². The first kappa shape index (κ1) is 28.1. The van der Waals surface area contributed by atoms with Gasteiger partial charge in [-0.25, -0.2) is 0 Å². The number of aliphatic hydroxyl groups is 1. The number of nitrogens with one attached hydrogen (secondary N) is 1. The first-order valence-corrected chi connectivity index (χ1v) is 12.9. The lowest BCUT2D eigenvalue weighted by Gasteiger charge is -2.30. The Balaban J connectivity index is 1.74. The van der Waals surface area contributed by atoms with Gasteiger partial charge < -0.3 is 20.1 Å². The average Bonchev–Trinajstić information content (AvgIpc) is 2.88. The van der Waals surface area contributed by atoms with E-state index in [0.29, 0.717) is 25.8 Å². The lowest BCUT2D eigenvalue weighted by Crippen LogP contribution is -2.50. The number of benzene rings is 2. The van der Waals surface area contributed by atoms with E-state index in [2.05, 4.69) is 5.32 Å². The van der Waals surface area contributed by atoms with Gasteiger partial charge in [0.05, 0.1) is 24.0 Å². The van der Waals surface area contributed by atoms with Crippen molar-refractivity contribution in [1.82, 2.24) is 10.2 Å². The van der Waals surface area contributed by atoms with Crippen LogP contribution in [-0.4, -0.2) is 53.1 Å². The molecule has 0 spiro atoms. The van der Waals surface area contributed by atoms with Gasteiger partial charge in [-0.2, -0.15) is 0 Å². The molecule has 0 bridgehead atoms. The minimum atomic E-state index is -0.789. The van der Waals surface area contributed by atoms with Crippen LogP contribution < -0.4 is 5.32 Å². The number of rotatable bonds is 8. The van der Waals surface area contributed by atoms with Crippen molar-refractivity contribution >= 4 is 17.8 Å². The number of cyclic esters (lactones) is 1. The van der Waals surface area contributed by atoms with Gasteiger partial charge in [0.25, 0.3) is 0 Å². The summed E-state index contributed by atoms with van der Waals surface area (Å²) in [5, 5.41) is 12.5. The summed E-state index contributed by atoms with van der Waals surface area (Å²) in [7, 11) is 0. The maximum Gasteiger partial charge on any atom is 0.309 e. The van der Waals surface area contributed by atoms with Crippen molar-refractivity contribution in [3.8, 4) is 0 Å². The molecule has 0 fully saturated rings. The molecule has 0 saturated carbocycles. The summed E-state index contributed by atoms with van der Waals surface area (Å²) in [4.78, 5) is 40.9. The van der Waals surface area contributed by atoms with Crippen molar-refractivity contribution in [2.45, 2.75) is 51.6 Å². The normalized spacial score (nSPS) is 20.2. The predicted molar refractivity (Wildman–Crippen MR) is 142 cm³/mol. The Kier molecular flexibility index (Phi) is 10.4. The molecule has 0 aliphatic carbocycles. The van der Waals surface area contributed by atoms with E-state index in [0.717, 1.165) is 11.1 Å². The van der Waals surface area contributed by atoms with Crippen LogP contribution in [0.25, 0.3) is 0 Å². The molecule has 0 aromatic heterocycles. The number of carbonyl (C=O) groups is 3. The van der Waals surface area contributed by atoms with Crippen LogP contribution in [0.3, 0.4) is 0 Å². The van der Waals surface area contributed by atoms with Gasteiger partial charge in [0.2, 0.25) is 11.8 Å². The van der Waals surface area contributed by atoms with E-state index >= 15 is 0 Å². The second-order valence-electron chi connectivity index (χ2n) is 10.2. The minimum Gasteiger partial charge on any atom is -0.463 e. The van der Waals surface area contributed by atoms with Crippen LogP contribution in [0.15, 0.2) is 72.8 Å². The number of carbonyl (C=O) groups excluding carboxylic acids is 3. The summed E-state index contributed by atoms with van der Waals surface area (Å²) in [6.45, 7) is 4.05. The predicted octanol–water partition coefficient (Wildman–Crippen LogP) is 3.66. The summed E-state index contributed by atoms with van der Waals surface area (Å²) in [5.41, 5.74) is 1.23. The highest BCUT2D eigenvalue weighted by Gasteiger charge is 2.31. The van der Waals surface area contributed by atoms with Crippen molar-refractivity contribution in [2.75, 3.05) is 19.8 Å². The fraction of sp³-hybridized carbons (Fsp3) is 0.433. The van der Waals surface area contributed by atoms with E-state index in [1.54, 1.807) is 18.7 Å². The van der Waals surface area contributed by atoms with Gasteiger partial charge in [0.15, 0.2) is 0 Å². The summed E-state index contributed by atoms with van der Waals surface area (Å²) < 4.78 is 5.63. The Labute approximate surface area is 219 Å². The molecule has 2 amide bonds. The Morgan fingerprint density at radius 2 is 1.57 bits per heavy atom. The molecule has 0 unspecified atom stereocenters. The molecule has 3 rings (SSSR count). The Morgan fingerprint density at radius 3 is 2.19 bits per heavy atom. The SMILES string of the molecule is CC1(C)COC(=O)[C@H](Cc2ccccc2)CC=CC[C@H](CC(=O)N(CCO)Cc2ccccc2)C(=O)N1. The number of allylic oxidation sites excluding steroid dienone is 2. The second kappa shape index (κ2) is 13.7. The topological polar surface area (TPSA) is 95.9 Å². The molecule has 1 aliphatic rings. The van der Waals surface area contributed by atoms with Crippen molar-refractivity contribution in [3.05, 3.63) is 83.9 Å². The molecule has 198 valence electrons. The third-order valence-corrected chi connectivity index (χ3v) is 6.43. The van der Waals surface area contributed by atoms with Crippen LogP contribution in [0, 0.1) is 11.8 Å². The zero-order valence-corrected chi connectivity index (χ0v) is 21.8. The first-order chi connectivity index (χ1) is 17.8. The molecular weight excluding hydrogens is 468 g/mol. The number of ether oxygens (including phenoxy) is 1. The van der Waals surface area contributed by atoms with Crippen molar-refractivity contribution < 1.29 is 24.2 Å². The molecule has 2 aromatic rings. The van der Waals surface area contributed by atoms with E-state index in [4.69, 9.17) is 4.74 Å². The number of amides is 2. The van der Waals surface area contributed by atoms with Crippen molar-refractivity contribution in [3.63, 3.8) is 0 Å². The van der Waals surface area contributed by atoms with Crippen LogP contribution >= 0.6 is 0 Å². The van der Waals surface area contributed by atoms with Gasteiger partial charge in [-0.3, -0.25) is 14.4 Å². The highest BCUT2D eigenvalue weighted by Crippen LogP contribution is 2.21. The molecule has 0 saturated heterocycles. The van der Waals surface area contributed by atoms with E-state index in [1.165, 1.54) is 0 Å². The van der Waals surface area contributed by atoms with Crippen LogP contribution in [0.5, 0.6) is 0 Å². The fourth-order valence-electron chi connectivity index (χ4n) is 4.36. The van der Waals surface area contributed by atoms with Crippen LogP contribution in [-0.2, 0) is 32.1 Å². The summed E-state index contributed by atoms with van der Waals surface area (Å²) in [5.74, 6) is -1.66. The summed E-state index contributed by atoms with van der Waals surface area (Å²) >= 11 is 0. The lowest BCUT2D eigenvalue weighted by molar-refractivity contribution is -0.151. The molecule has 2 atom stereocenters. The van der Waals surface area contributed by atoms with E-state index < -0.39 is 11.5 Å². The molecule has 2 aromatic carbocycles. The van der Waals surface area contributed by atoms with Gasteiger partial charge >= 0.3 is 5.97 Å². The number of esters is 1. The second-order valence-corrected chi connectivity index (χ2v) is 10.2. The molecular formula is C30H38N2O5. The largest absolute Gasteiger partial charge is 0.463 e. The minimum absolute atomic E-state index is 0.0202. The Morgan fingerprint density at radius 1 is 0.973 bits per heavy atom. The zero-order chi connectivity index (χ0) is 26.7. The van der Waals surface area contributed by atoms with E-state index in [-0.39, 0.29) is 49.9 Å². The molecule has 37 heavy (non-hydrogen) atoms. The van der Waals surface area contributed by atoms with Crippen molar-refractivity contribution in [2.24, 2.45) is 11.8 Å². The molecule has 1 heterocycles. The summed E-state index contributed by atoms with van der Waals surface area (Å²) in [6, 6.07) is 19.4. The lowest BCUT2D eigenvalue weighted by atomic mass is 9.93. The number of nitrogens with zero attached hydrogens (tertiary/aromatic N) is 1. The third kappa shape index (κ3) is 9.17. The number of hydrogen-bond donors (Lipinski definition) is 2. The van der Waals surface area contributed by atoms with Crippen molar-refractivity contribution in [1.29, 1.82) is 0 Å². The first-order valence-electron chi connectivity index (χ1n) is 12.9. The number of hydrogen-bond acceptors (Lipinski definition) is 5. The highest BCUT2D eigenvalue weighted by atomic mass is 16.5. The Bertz CT molecular complexity index is 1050. The summed E-state index contributed by atoms with van der Waals surface area (Å²) in [6.07, 6.45) is 5.23. The van der Waals surface area contributed by atoms with Gasteiger partial charge in [0, 0.05) is 19.5 Å². The molecule has 7 nitrogen and oxygen atoms in total. The quantitative estimate of drug-likeness (QED) is 0.421. The van der Waals surface area contributed by atoms with Crippen LogP contribution in [0.1, 0.15) is 44.2 Å². The maximum atomic E-state index is 13.2. The maximum absolute atomic E-state index is 13.2. The molecule has 7 heteroatoms. The fourth-order valence-corrected chi connectivity index (χ4v) is 4.36. The van der Waals surface area contributed by atoms with Crippen LogP contribution in [0.2, 0.25) is 0 Å². The smallest absolute Gasteiger partial charge is 0.309 e. The van der Waals surface area contributed by atoms with Crippen LogP contribution in [0.4, 0.5) is 0 Å². The standard InChI is InChI=1S/C30H38N2O5/c1-30(2)22-37-29(36)26(19-23-11-5-3-6-12-23)16-10-9-15-25(28(35)31-30)20-27(34)32(17-18-33)21-24-13-7-4-8-14-24/h3-14,25-26,33H,15-22H2,1-2H3,(H,31,35)/t25-,26+/m1/s1. The number of aliphatic hydroxyl groups excluding tert-OH is 1. The van der Waals surface area contributed by atoms with Gasteiger partial charge in [-0.15, -0.1) is 0 Å². The molecule has 2 N–H and O–H groups in total. The highest BCUT2D eigenvalue weighted by molar-refractivity contribution is 5.86. The molecule has 1 aliphatic heterocycles. The Hall–Kier alpha value is -3.45. The average molecular weight is 507 g/mol. The third-order valence-electron chi connectivity index (χ3n) is 6.43. The van der Waals surface area contributed by atoms with E-state index in [9.17, 15) is 19.5 Å². The zero-order valence-electron chi connectivity index (χ0n) is 21.8. The van der Waals surface area contributed by atoms with Gasteiger partial charge in [-0.05, 0) is 44.2 Å². The molecule has 0 radical (unpaired) electrons. The van der Waals surface area contributed by atoms with E-state index in [1.807, 2.05) is 72.8 Å². The monoisotopic (exact) mass is 506 g/mol.